The van der Waals surface area contributed by atoms with Crippen LogP contribution in [0.3, 0.4) is 0 Å². The Morgan fingerprint density at radius 2 is 2.20 bits per heavy atom. The Bertz CT molecular complexity index is 549. The van der Waals surface area contributed by atoms with Crippen LogP contribution in [-0.2, 0) is 0 Å². The number of aromatic nitrogens is 4. The van der Waals surface area contributed by atoms with E-state index in [9.17, 15) is 0 Å². The highest BCUT2D eigenvalue weighted by Gasteiger charge is 2.24. The van der Waals surface area contributed by atoms with Gasteiger partial charge in [-0.25, -0.2) is 4.98 Å². The highest BCUT2D eigenvalue weighted by atomic mass is 15.2. The largest absolute Gasteiger partial charge is 0.300 e. The maximum atomic E-state index is 4.78. The van der Waals surface area contributed by atoms with Gasteiger partial charge >= 0.3 is 0 Å². The van der Waals surface area contributed by atoms with Gasteiger partial charge < -0.3 is 4.90 Å². The van der Waals surface area contributed by atoms with Crippen LogP contribution < -0.4 is 0 Å². The monoisotopic (exact) mass is 271 g/mol. The molecule has 106 valence electrons. The molecule has 0 aromatic carbocycles. The van der Waals surface area contributed by atoms with E-state index in [2.05, 4.69) is 33.9 Å². The average molecular weight is 271 g/mol. The fraction of sp³-hybridized carbons (Fsp3) is 0.533. The second-order valence-corrected chi connectivity index (χ2v) is 5.74. The summed E-state index contributed by atoms with van der Waals surface area (Å²) in [5.41, 5.74) is 3.00. The molecule has 0 spiro atoms. The Balaban J connectivity index is 1.81. The number of hydrogen-bond donors (Lipinski definition) is 1. The van der Waals surface area contributed by atoms with E-state index in [1.54, 1.807) is 12.4 Å². The molecular formula is C15H21N5. The third-order valence-electron chi connectivity index (χ3n) is 4.05. The third-order valence-corrected chi connectivity index (χ3v) is 4.05. The number of H-pyrrole nitrogens is 1. The minimum atomic E-state index is 0.491. The Morgan fingerprint density at radius 1 is 1.30 bits per heavy atom. The highest BCUT2D eigenvalue weighted by molar-refractivity contribution is 5.55. The fourth-order valence-electron chi connectivity index (χ4n) is 2.82. The van der Waals surface area contributed by atoms with E-state index < -0.39 is 0 Å². The average Bonchev–Trinajstić information content (AvgIpc) is 3.02. The van der Waals surface area contributed by atoms with Crippen molar-refractivity contribution in [1.82, 2.24) is 25.1 Å². The zero-order valence-corrected chi connectivity index (χ0v) is 12.1. The molecule has 1 N–H and O–H groups in total. The maximum Gasteiger partial charge on any atom is 0.0920 e. The summed E-state index contributed by atoms with van der Waals surface area (Å²) in [6.45, 7) is 6.80. The lowest BCUT2D eigenvalue weighted by molar-refractivity contribution is 0.166. The number of hydrogen-bond acceptors (Lipinski definition) is 4. The van der Waals surface area contributed by atoms with Crippen molar-refractivity contribution in [3.8, 4) is 11.3 Å². The number of rotatable bonds is 3. The molecule has 5 nitrogen and oxygen atoms in total. The van der Waals surface area contributed by atoms with Gasteiger partial charge in [0.05, 0.1) is 23.8 Å². The predicted octanol–water partition coefficient (Wildman–Crippen LogP) is 2.45. The molecule has 2 aromatic heterocycles. The van der Waals surface area contributed by atoms with Crippen molar-refractivity contribution in [3.63, 3.8) is 0 Å². The van der Waals surface area contributed by atoms with Crippen LogP contribution >= 0.6 is 0 Å². The normalized spacial score (nSPS) is 20.4. The van der Waals surface area contributed by atoms with Gasteiger partial charge in [-0.15, -0.1) is 0 Å². The highest BCUT2D eigenvalue weighted by Crippen LogP contribution is 2.27. The molecule has 1 aliphatic rings. The first-order chi connectivity index (χ1) is 9.74. The second-order valence-electron chi connectivity index (χ2n) is 5.74. The molecule has 5 heteroatoms. The Kier molecular flexibility index (Phi) is 3.78. The molecule has 1 fully saturated rings. The number of likely N-dealkylation sites (tertiary alicyclic amines) is 1. The van der Waals surface area contributed by atoms with Crippen molar-refractivity contribution in [2.75, 3.05) is 13.1 Å². The van der Waals surface area contributed by atoms with E-state index in [0.29, 0.717) is 12.0 Å². The summed E-state index contributed by atoms with van der Waals surface area (Å²) in [5, 5.41) is 6.80. The van der Waals surface area contributed by atoms with Crippen LogP contribution in [0, 0.1) is 0 Å². The van der Waals surface area contributed by atoms with E-state index in [0.717, 1.165) is 23.5 Å². The van der Waals surface area contributed by atoms with Crippen molar-refractivity contribution in [3.05, 3.63) is 30.5 Å². The minimum Gasteiger partial charge on any atom is -0.300 e. The smallest absolute Gasteiger partial charge is 0.0920 e. The van der Waals surface area contributed by atoms with Crippen LogP contribution in [0.1, 0.15) is 38.3 Å². The lowest BCUT2D eigenvalue weighted by Crippen LogP contribution is -2.39. The van der Waals surface area contributed by atoms with Crippen LogP contribution in [0.5, 0.6) is 0 Å². The van der Waals surface area contributed by atoms with Crippen molar-refractivity contribution in [1.29, 1.82) is 0 Å². The first-order valence-electron chi connectivity index (χ1n) is 7.29. The second kappa shape index (κ2) is 5.71. The number of aromatic amines is 1. The van der Waals surface area contributed by atoms with Crippen LogP contribution in [0.15, 0.2) is 24.8 Å². The summed E-state index contributed by atoms with van der Waals surface area (Å²) in [7, 11) is 0. The molecule has 3 heterocycles. The number of nitrogens with one attached hydrogen (secondary N) is 1. The first-order valence-corrected chi connectivity index (χ1v) is 7.29. The van der Waals surface area contributed by atoms with Gasteiger partial charge in [-0.1, -0.05) is 0 Å². The maximum absolute atomic E-state index is 4.78. The van der Waals surface area contributed by atoms with Gasteiger partial charge in [0.2, 0.25) is 0 Å². The molecule has 0 unspecified atom stereocenters. The summed E-state index contributed by atoms with van der Waals surface area (Å²) in [5.74, 6) is 0.491. The van der Waals surface area contributed by atoms with Gasteiger partial charge in [0.25, 0.3) is 0 Å². The van der Waals surface area contributed by atoms with Crippen molar-refractivity contribution < 1.29 is 0 Å². The molecule has 0 saturated carbocycles. The molecule has 0 radical (unpaired) electrons. The van der Waals surface area contributed by atoms with Gasteiger partial charge in [0, 0.05) is 36.5 Å². The molecule has 3 rings (SSSR count). The number of nitrogens with zero attached hydrogens (tertiary/aromatic N) is 4. The van der Waals surface area contributed by atoms with Gasteiger partial charge in [-0.05, 0) is 33.2 Å². The fourth-order valence-corrected chi connectivity index (χ4v) is 2.82. The Labute approximate surface area is 119 Å². The van der Waals surface area contributed by atoms with Crippen LogP contribution in [-0.4, -0.2) is 44.2 Å². The van der Waals surface area contributed by atoms with E-state index in [1.807, 2.05) is 12.4 Å². The van der Waals surface area contributed by atoms with E-state index in [4.69, 9.17) is 4.98 Å². The van der Waals surface area contributed by atoms with Crippen molar-refractivity contribution >= 4 is 0 Å². The lowest BCUT2D eigenvalue weighted by atomic mass is 9.94. The third kappa shape index (κ3) is 2.72. The summed E-state index contributed by atoms with van der Waals surface area (Å²) in [6, 6.07) is 0.600. The van der Waals surface area contributed by atoms with Crippen molar-refractivity contribution in [2.45, 2.75) is 38.6 Å². The summed E-state index contributed by atoms with van der Waals surface area (Å²) >= 11 is 0. The van der Waals surface area contributed by atoms with Crippen LogP contribution in [0.2, 0.25) is 0 Å². The SMILES string of the molecule is CC(C)N1CCC[C@@H](c2cncc(-c3cn[nH]c3)n2)C1. The molecule has 1 aliphatic heterocycles. The predicted molar refractivity (Wildman–Crippen MR) is 78.3 cm³/mol. The molecule has 1 atom stereocenters. The van der Waals surface area contributed by atoms with Gasteiger partial charge in [0.1, 0.15) is 0 Å². The van der Waals surface area contributed by atoms with Gasteiger partial charge in [-0.3, -0.25) is 10.1 Å². The molecule has 20 heavy (non-hydrogen) atoms. The van der Waals surface area contributed by atoms with Crippen LogP contribution in [0.25, 0.3) is 11.3 Å². The molecule has 0 amide bonds. The minimum absolute atomic E-state index is 0.491. The van der Waals surface area contributed by atoms with E-state index in [1.165, 1.54) is 19.4 Å². The first kappa shape index (κ1) is 13.2. The summed E-state index contributed by atoms with van der Waals surface area (Å²) < 4.78 is 0. The topological polar surface area (TPSA) is 57.7 Å². The molecule has 1 saturated heterocycles. The zero-order valence-electron chi connectivity index (χ0n) is 12.1. The molecular weight excluding hydrogens is 250 g/mol. The van der Waals surface area contributed by atoms with Crippen molar-refractivity contribution in [2.24, 2.45) is 0 Å². The Hall–Kier alpha value is -1.75. The van der Waals surface area contributed by atoms with E-state index >= 15 is 0 Å². The molecule has 2 aromatic rings. The zero-order chi connectivity index (χ0) is 13.9. The Morgan fingerprint density at radius 3 is 2.95 bits per heavy atom. The van der Waals surface area contributed by atoms with Crippen LogP contribution in [0.4, 0.5) is 0 Å². The molecule has 0 bridgehead atoms. The standard InChI is InChI=1S/C15H21N5/c1-11(2)20-5-3-4-12(10-20)14-8-16-9-15(19-14)13-6-17-18-7-13/h6-9,11-12H,3-5,10H2,1-2H3,(H,17,18)/t12-/m1/s1. The summed E-state index contributed by atoms with van der Waals surface area (Å²) in [6.07, 6.45) is 9.80. The summed E-state index contributed by atoms with van der Waals surface area (Å²) in [4.78, 5) is 11.7. The number of piperidine rings is 1. The van der Waals surface area contributed by atoms with Gasteiger partial charge in [0.15, 0.2) is 0 Å². The van der Waals surface area contributed by atoms with E-state index in [-0.39, 0.29) is 0 Å². The van der Waals surface area contributed by atoms with Gasteiger partial charge in [-0.2, -0.15) is 5.10 Å². The quantitative estimate of drug-likeness (QED) is 0.931. The molecule has 0 aliphatic carbocycles. The lowest BCUT2D eigenvalue weighted by Gasteiger charge is -2.35.